The van der Waals surface area contributed by atoms with Gasteiger partial charge >= 0.3 is 5.97 Å². The first kappa shape index (κ1) is 61.3. The number of hydrogen-bond donors (Lipinski definition) is 3. The minimum Gasteiger partial charge on any atom is -0.462 e. The van der Waals surface area contributed by atoms with E-state index in [-0.39, 0.29) is 84.3 Å². The third kappa shape index (κ3) is 14.9. The van der Waals surface area contributed by atoms with Gasteiger partial charge in [-0.15, -0.1) is 0 Å². The number of halogens is 1. The molecule has 3 fully saturated rings. The Morgan fingerprint density at radius 2 is 1.57 bits per heavy atom. The highest BCUT2D eigenvalue weighted by molar-refractivity contribution is 5.88. The largest absolute Gasteiger partial charge is 0.462 e. The zero-order chi connectivity index (χ0) is 54.8. The van der Waals surface area contributed by atoms with Gasteiger partial charge in [-0.25, -0.2) is 4.39 Å². The number of amides is 1. The number of aromatic nitrogens is 1. The maximum atomic E-state index is 14.7. The van der Waals surface area contributed by atoms with Crippen molar-refractivity contribution in [2.24, 2.45) is 52.5 Å². The number of oxime groups is 1. The molecule has 1 amide bonds. The van der Waals surface area contributed by atoms with Crippen molar-refractivity contribution in [1.29, 1.82) is 0 Å². The van der Waals surface area contributed by atoms with E-state index in [9.17, 15) is 24.2 Å². The molecular weight excluding hydrogens is 944 g/mol. The predicted octanol–water partition coefficient (Wildman–Crippen LogP) is 9.71. The molecule has 0 spiro atoms. The maximum absolute atomic E-state index is 14.7. The quantitative estimate of drug-likeness (QED) is 0.101. The number of cyclic esters (lactones) is 1. The highest BCUT2D eigenvalue weighted by Gasteiger charge is 2.50. The zero-order valence-electron chi connectivity index (χ0n) is 47.8. The number of hydrogen-bond acceptors (Lipinski definition) is 13. The van der Waals surface area contributed by atoms with Crippen molar-refractivity contribution in [3.63, 3.8) is 0 Å². The van der Waals surface area contributed by atoms with E-state index < -0.39 is 54.1 Å². The summed E-state index contributed by atoms with van der Waals surface area (Å²) in [7, 11) is 7.08. The first-order chi connectivity index (χ1) is 34.9. The molecule has 1 aromatic carbocycles. The van der Waals surface area contributed by atoms with E-state index in [1.807, 2.05) is 65.9 Å². The van der Waals surface area contributed by atoms with Crippen LogP contribution in [0.1, 0.15) is 145 Å². The molecule has 3 aliphatic heterocycles. The summed E-state index contributed by atoms with van der Waals surface area (Å²) in [5.74, 6) is -2.46. The van der Waals surface area contributed by atoms with Gasteiger partial charge in [0.2, 0.25) is 5.91 Å². The Kier molecular flexibility index (Phi) is 22.5. The van der Waals surface area contributed by atoms with Gasteiger partial charge in [0.15, 0.2) is 0 Å². The van der Waals surface area contributed by atoms with E-state index in [4.69, 9.17) is 28.5 Å². The Balaban J connectivity index is 1.40. The molecule has 4 heterocycles. The number of carbonyl (C=O) groups is 2. The van der Waals surface area contributed by atoms with Crippen molar-refractivity contribution < 1.29 is 52.7 Å². The predicted molar refractivity (Wildman–Crippen MR) is 288 cm³/mol. The molecule has 15 heteroatoms. The van der Waals surface area contributed by atoms with Crippen LogP contribution in [0, 0.1) is 54.3 Å². The second-order valence-electron chi connectivity index (χ2n) is 23.2. The molecule has 0 bridgehead atoms. The lowest BCUT2D eigenvalue weighted by Crippen LogP contribution is -2.53. The van der Waals surface area contributed by atoms with Crippen LogP contribution in [0.15, 0.2) is 47.8 Å². The fourth-order valence-corrected chi connectivity index (χ4v) is 12.9. The van der Waals surface area contributed by atoms with Crippen LogP contribution in [0.5, 0.6) is 0 Å². The van der Waals surface area contributed by atoms with E-state index in [0.717, 1.165) is 23.2 Å². The molecule has 3 aliphatic rings. The maximum Gasteiger partial charge on any atom is 0.309 e. The van der Waals surface area contributed by atoms with Gasteiger partial charge in [0.25, 0.3) is 0 Å². The van der Waals surface area contributed by atoms with Crippen molar-refractivity contribution in [2.75, 3.05) is 41.6 Å². The molecule has 0 aliphatic carbocycles. The van der Waals surface area contributed by atoms with Crippen molar-refractivity contribution >= 4 is 17.6 Å². The second kappa shape index (κ2) is 27.1. The number of carbonyl (C=O) groups excluding carboxylic acids is 2. The zero-order valence-corrected chi connectivity index (χ0v) is 47.8. The van der Waals surface area contributed by atoms with Crippen molar-refractivity contribution in [2.45, 2.75) is 200 Å². The highest BCUT2D eigenvalue weighted by Crippen LogP contribution is 2.48. The number of pyridine rings is 1. The Morgan fingerprint density at radius 1 is 0.905 bits per heavy atom. The molecule has 2 aromatic rings. The van der Waals surface area contributed by atoms with Gasteiger partial charge in [-0.2, -0.15) is 0 Å². The number of alkyl halides is 1. The van der Waals surface area contributed by atoms with E-state index in [0.29, 0.717) is 56.3 Å². The molecule has 14 nitrogen and oxygen atoms in total. The number of ether oxygens (including phenoxy) is 5. The molecule has 7 unspecified atom stereocenters. The lowest BCUT2D eigenvalue weighted by molar-refractivity contribution is -0.191. The monoisotopic (exact) mass is 1040 g/mol. The second-order valence-corrected chi connectivity index (χ2v) is 23.2. The number of aliphatic hydroxyl groups excluding tert-OH is 2. The fraction of sp³-hybridized carbons (Fsp3) is 0.763. The van der Waals surface area contributed by atoms with E-state index in [1.165, 1.54) is 7.11 Å². The Bertz CT molecular complexity index is 2100. The lowest BCUT2D eigenvalue weighted by Gasteiger charge is -2.50. The molecule has 1 aromatic heterocycles. The van der Waals surface area contributed by atoms with Crippen LogP contribution in [-0.2, 0) is 38.1 Å². The average molecular weight is 1040 g/mol. The molecule has 3 saturated heterocycles. The van der Waals surface area contributed by atoms with Crippen molar-refractivity contribution in [3.8, 4) is 11.1 Å². The lowest BCUT2D eigenvalue weighted by atomic mass is 9.63. The summed E-state index contributed by atoms with van der Waals surface area (Å²) in [6, 6.07) is 10.1. The van der Waals surface area contributed by atoms with Gasteiger partial charge in [0.1, 0.15) is 26.0 Å². The molecule has 19 atom stereocenters. The summed E-state index contributed by atoms with van der Waals surface area (Å²) in [4.78, 5) is 40.2. The third-order valence-electron chi connectivity index (χ3n) is 18.3. The van der Waals surface area contributed by atoms with Crippen LogP contribution in [0.4, 0.5) is 4.39 Å². The summed E-state index contributed by atoms with van der Waals surface area (Å²) in [5, 5.41) is 30.5. The van der Waals surface area contributed by atoms with Crippen LogP contribution in [0.25, 0.3) is 11.1 Å². The van der Waals surface area contributed by atoms with Crippen molar-refractivity contribution in [1.82, 2.24) is 15.2 Å². The number of benzene rings is 1. The first-order valence-electron chi connectivity index (χ1n) is 27.6. The van der Waals surface area contributed by atoms with Crippen LogP contribution in [0.2, 0.25) is 0 Å². The Labute approximate surface area is 443 Å². The molecule has 0 saturated carbocycles. The molecule has 5 rings (SSSR count). The number of rotatable bonds is 17. The fourth-order valence-electron chi connectivity index (χ4n) is 12.9. The number of nitrogens with zero attached hydrogens (tertiary/aromatic N) is 3. The summed E-state index contributed by atoms with van der Waals surface area (Å²) < 4.78 is 47.6. The summed E-state index contributed by atoms with van der Waals surface area (Å²) >= 11 is 0. The molecule has 3 N–H and O–H groups in total. The van der Waals surface area contributed by atoms with Gasteiger partial charge in [-0.3, -0.25) is 14.6 Å². The van der Waals surface area contributed by atoms with Crippen LogP contribution < -0.4 is 5.32 Å². The number of aliphatic hydroxyl groups is 2. The van der Waals surface area contributed by atoms with Crippen molar-refractivity contribution in [3.05, 3.63) is 53.9 Å². The van der Waals surface area contributed by atoms with E-state index >= 15 is 0 Å². The van der Waals surface area contributed by atoms with Crippen LogP contribution in [0.3, 0.4) is 0 Å². The van der Waals surface area contributed by atoms with E-state index in [1.54, 1.807) is 32.5 Å². The van der Waals surface area contributed by atoms with E-state index in [2.05, 4.69) is 68.8 Å². The van der Waals surface area contributed by atoms with Gasteiger partial charge in [-0.1, -0.05) is 84.0 Å². The minimum atomic E-state index is -1.23. The SMILES string of the molecule is CC[C@H]1OC(=O)C(C)[C@@H](C[C@H]2C[C@@](C)(OC)[C@@H](C)C(C)O2)[C@H](C)[C@@H](CC2CC(N(C)CCC(=O)N[C@H](CF)C(O)c3ccc(-c4ccc(C)nc4)cc3)CC(C)O2)[C@](C)(OC)C[C@@H](C)/C(=N/OC)C(C)[C@@H](O)[C@H]1C. The van der Waals surface area contributed by atoms with Gasteiger partial charge in [0.05, 0.1) is 59.4 Å². The Hall–Kier alpha value is -3.57. The highest BCUT2D eigenvalue weighted by atomic mass is 19.1. The topological polar surface area (TPSA) is 170 Å². The average Bonchev–Trinajstić information content (AvgIpc) is 3.38. The number of nitrogens with one attached hydrogen (secondary N) is 1. The molecule has 418 valence electrons. The third-order valence-corrected chi connectivity index (χ3v) is 18.3. The van der Waals surface area contributed by atoms with Gasteiger partial charge in [0, 0.05) is 80.8 Å². The number of esters is 1. The molecular formula is C59H95FN4O10. The van der Waals surface area contributed by atoms with Gasteiger partial charge in [-0.05, 0) is 115 Å². The number of methoxy groups -OCH3 is 2. The molecule has 74 heavy (non-hydrogen) atoms. The number of aryl methyl sites for hydroxylation is 1. The van der Waals surface area contributed by atoms with Gasteiger partial charge < -0.3 is 49.0 Å². The summed E-state index contributed by atoms with van der Waals surface area (Å²) in [5.41, 5.74) is 2.79. The summed E-state index contributed by atoms with van der Waals surface area (Å²) in [6.45, 7) is 24.4. The molecule has 0 radical (unpaired) electrons. The van der Waals surface area contributed by atoms with Crippen LogP contribution in [-0.4, -0.2) is 139 Å². The first-order valence-corrected chi connectivity index (χ1v) is 27.6. The van der Waals surface area contributed by atoms with Crippen LogP contribution >= 0.6 is 0 Å². The summed E-state index contributed by atoms with van der Waals surface area (Å²) in [6.07, 6.45) is 3.13. The minimum absolute atomic E-state index is 0.0641. The Morgan fingerprint density at radius 3 is 2.16 bits per heavy atom. The smallest absolute Gasteiger partial charge is 0.309 e. The standard InChI is InChI=1S/C59H95FN4O10/c1-17-52-39(7)55(66)40(8)54(63-71-16)34(2)30-59(12,70-15)50(37(5)49(38(6)57(68)74-52)28-48-31-58(11,69-14)41(9)42(10)73-48)29-47-27-46(26-36(4)72-47)64(13)25-24-53(65)62-51(32-60)56(67)44-22-20-43(21-23-44)45-19-18-35(3)61-33-45/h18-23,33-34,36-42,46-52,55-56,66-67H,17,24-32H2,1-16H3,(H,62,65)/b63-54-/t34-,36?,37+,38?,39+,40?,41+,42?,46?,47?,48+,49+,50-,51-,52-,55+,56?,58-,59-/m1/s1. The normalized spacial score (nSPS) is 37.2.